The van der Waals surface area contributed by atoms with Crippen molar-refractivity contribution in [3.63, 3.8) is 0 Å². The van der Waals surface area contributed by atoms with Gasteiger partial charge in [0, 0.05) is 11.6 Å². The zero-order chi connectivity index (χ0) is 14.4. The number of fused-ring (bicyclic) bond motifs is 1. The summed E-state index contributed by atoms with van der Waals surface area (Å²) in [6, 6.07) is 1.28. The number of phenols is 1. The summed E-state index contributed by atoms with van der Waals surface area (Å²) >= 11 is 0. The number of carbonyl (C=O) groups excluding carboxylic acids is 1. The maximum atomic E-state index is 11.8. The molecule has 1 aromatic rings. The number of esters is 1. The first-order valence-electron chi connectivity index (χ1n) is 5.81. The minimum absolute atomic E-state index is 0.132. The number of carbonyl (C=O) groups is 1. The molecule has 1 aliphatic heterocycles. The highest BCUT2D eigenvalue weighted by molar-refractivity contribution is 5.96. The number of methoxy groups -OCH3 is 1. The summed E-state index contributed by atoms with van der Waals surface area (Å²) in [7, 11) is 1.41. The van der Waals surface area contributed by atoms with Gasteiger partial charge in [0.25, 0.3) is 0 Å². The minimum Gasteiger partial charge on any atom is -0.507 e. The van der Waals surface area contributed by atoms with Crippen molar-refractivity contribution in [2.24, 2.45) is 0 Å². The molecule has 2 unspecified atom stereocenters. The summed E-state index contributed by atoms with van der Waals surface area (Å²) in [5.74, 6) is -0.755. The van der Waals surface area contributed by atoms with Crippen LogP contribution < -0.4 is 4.74 Å². The molecule has 0 amide bonds. The minimum atomic E-state index is -1.76. The fourth-order valence-electron chi connectivity index (χ4n) is 2.35. The molecule has 0 spiro atoms. The maximum absolute atomic E-state index is 11.8. The molecule has 2 rings (SSSR count). The lowest BCUT2D eigenvalue weighted by atomic mass is 9.81. The molecule has 0 aromatic heterocycles. The van der Waals surface area contributed by atoms with Gasteiger partial charge in [-0.15, -0.1) is 0 Å². The number of cyclic esters (lactones) is 1. The summed E-state index contributed by atoms with van der Waals surface area (Å²) in [5.41, 5.74) is -1.27. The second kappa shape index (κ2) is 4.40. The van der Waals surface area contributed by atoms with Crippen LogP contribution in [0.5, 0.6) is 11.5 Å². The van der Waals surface area contributed by atoms with Crippen LogP contribution in [0, 0.1) is 6.92 Å². The highest BCUT2D eigenvalue weighted by Crippen LogP contribution is 2.43. The van der Waals surface area contributed by atoms with Crippen LogP contribution in [0.25, 0.3) is 0 Å². The quantitative estimate of drug-likeness (QED) is 0.674. The Bertz CT molecular complexity index is 536. The smallest absolute Gasteiger partial charge is 0.342 e. The molecule has 0 aliphatic carbocycles. The lowest BCUT2D eigenvalue weighted by Gasteiger charge is -2.37. The van der Waals surface area contributed by atoms with Crippen molar-refractivity contribution < 1.29 is 29.6 Å². The number of aromatic hydroxyl groups is 1. The van der Waals surface area contributed by atoms with Gasteiger partial charge in [0.1, 0.15) is 23.7 Å². The van der Waals surface area contributed by atoms with Gasteiger partial charge in [0.2, 0.25) is 0 Å². The van der Waals surface area contributed by atoms with Crippen LogP contribution in [0.3, 0.4) is 0 Å². The van der Waals surface area contributed by atoms with Gasteiger partial charge in [-0.2, -0.15) is 0 Å². The molecular formula is C13H16O6. The Morgan fingerprint density at radius 3 is 2.68 bits per heavy atom. The predicted molar refractivity (Wildman–Crippen MR) is 65.3 cm³/mol. The highest BCUT2D eigenvalue weighted by Gasteiger charge is 2.46. The molecule has 19 heavy (non-hydrogen) atoms. The van der Waals surface area contributed by atoms with Crippen molar-refractivity contribution in [1.29, 1.82) is 0 Å². The standard InChI is InChI=1S/C13H16O6/c1-6-9(18-3)4-8(15)10-11(6)13(17,7(2)14)5-19-12(10)16/h4,7,14-15,17H,5H2,1-3H3. The topological polar surface area (TPSA) is 96.2 Å². The van der Waals surface area contributed by atoms with Crippen LogP contribution in [-0.2, 0) is 10.3 Å². The van der Waals surface area contributed by atoms with Crippen molar-refractivity contribution in [2.45, 2.75) is 25.6 Å². The van der Waals surface area contributed by atoms with Gasteiger partial charge in [0.15, 0.2) is 5.60 Å². The van der Waals surface area contributed by atoms with Crippen molar-refractivity contribution in [3.05, 3.63) is 22.8 Å². The van der Waals surface area contributed by atoms with Crippen LogP contribution >= 0.6 is 0 Å². The zero-order valence-corrected chi connectivity index (χ0v) is 10.9. The third-order valence-corrected chi connectivity index (χ3v) is 3.49. The Labute approximate surface area is 110 Å². The molecule has 0 bridgehead atoms. The van der Waals surface area contributed by atoms with E-state index in [1.165, 1.54) is 20.1 Å². The molecule has 0 radical (unpaired) electrons. The first-order valence-corrected chi connectivity index (χ1v) is 5.81. The summed E-state index contributed by atoms with van der Waals surface area (Å²) in [5, 5.41) is 30.2. The second-order valence-corrected chi connectivity index (χ2v) is 4.65. The molecule has 1 aliphatic rings. The number of hydrogen-bond acceptors (Lipinski definition) is 6. The number of ether oxygens (including phenoxy) is 2. The second-order valence-electron chi connectivity index (χ2n) is 4.65. The Morgan fingerprint density at radius 1 is 1.53 bits per heavy atom. The van der Waals surface area contributed by atoms with E-state index in [2.05, 4.69) is 0 Å². The number of phenolic OH excluding ortho intramolecular Hbond substituents is 1. The van der Waals surface area contributed by atoms with Crippen LogP contribution in [0.1, 0.15) is 28.4 Å². The lowest BCUT2D eigenvalue weighted by molar-refractivity contribution is -0.115. The first kappa shape index (κ1) is 13.6. The summed E-state index contributed by atoms with van der Waals surface area (Å²) in [4.78, 5) is 11.8. The van der Waals surface area contributed by atoms with Gasteiger partial charge >= 0.3 is 5.97 Å². The largest absolute Gasteiger partial charge is 0.507 e. The van der Waals surface area contributed by atoms with E-state index < -0.39 is 17.7 Å². The molecule has 6 heteroatoms. The van der Waals surface area contributed by atoms with E-state index in [1.807, 2.05) is 0 Å². The summed E-state index contributed by atoms with van der Waals surface area (Å²) < 4.78 is 9.94. The van der Waals surface area contributed by atoms with E-state index in [0.717, 1.165) is 0 Å². The Hall–Kier alpha value is -1.79. The fourth-order valence-corrected chi connectivity index (χ4v) is 2.35. The van der Waals surface area contributed by atoms with Crippen molar-refractivity contribution in [3.8, 4) is 11.5 Å². The molecule has 0 fully saturated rings. The number of benzene rings is 1. The Morgan fingerprint density at radius 2 is 2.16 bits per heavy atom. The third-order valence-electron chi connectivity index (χ3n) is 3.49. The lowest BCUT2D eigenvalue weighted by Crippen LogP contribution is -2.47. The number of rotatable bonds is 2. The van der Waals surface area contributed by atoms with Gasteiger partial charge in [-0.05, 0) is 19.4 Å². The molecule has 1 aromatic carbocycles. The van der Waals surface area contributed by atoms with Crippen molar-refractivity contribution in [2.75, 3.05) is 13.7 Å². The summed E-state index contributed by atoms with van der Waals surface area (Å²) in [6.45, 7) is 2.66. The predicted octanol–water partition coefficient (Wildman–Crippen LogP) is 0.448. The molecule has 6 nitrogen and oxygen atoms in total. The molecule has 0 saturated heterocycles. The van der Waals surface area contributed by atoms with Crippen LogP contribution in [0.2, 0.25) is 0 Å². The van der Waals surface area contributed by atoms with Crippen molar-refractivity contribution >= 4 is 5.97 Å². The molecular weight excluding hydrogens is 252 g/mol. The molecule has 104 valence electrons. The average Bonchev–Trinajstić information content (AvgIpc) is 2.36. The Kier molecular flexibility index (Phi) is 3.15. The van der Waals surface area contributed by atoms with E-state index in [0.29, 0.717) is 11.3 Å². The van der Waals surface area contributed by atoms with Gasteiger partial charge in [0.05, 0.1) is 13.2 Å². The molecule has 1 heterocycles. The number of aliphatic hydroxyl groups excluding tert-OH is 1. The first-order chi connectivity index (χ1) is 8.82. The SMILES string of the molecule is COc1cc(O)c2c(c1C)C(O)(C(C)O)COC2=O. The van der Waals surface area contributed by atoms with E-state index in [1.54, 1.807) is 6.92 Å². The van der Waals surface area contributed by atoms with Crippen LogP contribution in [0.15, 0.2) is 6.07 Å². The summed E-state index contributed by atoms with van der Waals surface area (Å²) in [6.07, 6.45) is -1.18. The number of hydrogen-bond donors (Lipinski definition) is 3. The molecule has 0 saturated carbocycles. The van der Waals surface area contributed by atoms with E-state index in [4.69, 9.17) is 9.47 Å². The van der Waals surface area contributed by atoms with E-state index in [-0.39, 0.29) is 23.5 Å². The Balaban J connectivity index is 2.82. The van der Waals surface area contributed by atoms with Gasteiger partial charge in [-0.1, -0.05) is 0 Å². The average molecular weight is 268 g/mol. The normalized spacial score (nSPS) is 23.5. The van der Waals surface area contributed by atoms with E-state index >= 15 is 0 Å². The maximum Gasteiger partial charge on any atom is 0.342 e. The van der Waals surface area contributed by atoms with Gasteiger partial charge in [-0.25, -0.2) is 4.79 Å². The third kappa shape index (κ3) is 1.84. The van der Waals surface area contributed by atoms with Crippen LogP contribution in [0.4, 0.5) is 0 Å². The van der Waals surface area contributed by atoms with Gasteiger partial charge in [-0.3, -0.25) is 0 Å². The van der Waals surface area contributed by atoms with Crippen LogP contribution in [-0.4, -0.2) is 41.1 Å². The zero-order valence-electron chi connectivity index (χ0n) is 10.9. The van der Waals surface area contributed by atoms with E-state index in [9.17, 15) is 20.1 Å². The molecule has 2 atom stereocenters. The molecule has 3 N–H and O–H groups in total. The fraction of sp³-hybridized carbons (Fsp3) is 0.462. The van der Waals surface area contributed by atoms with Crippen molar-refractivity contribution in [1.82, 2.24) is 0 Å². The van der Waals surface area contributed by atoms with Gasteiger partial charge < -0.3 is 24.8 Å². The monoisotopic (exact) mass is 268 g/mol. The number of aliphatic hydroxyl groups is 2. The highest BCUT2D eigenvalue weighted by atomic mass is 16.5.